The summed E-state index contributed by atoms with van der Waals surface area (Å²) >= 11 is 11.1. The summed E-state index contributed by atoms with van der Waals surface area (Å²) in [4.78, 5) is 25.1. The zero-order valence-corrected chi connectivity index (χ0v) is 10.8. The summed E-state index contributed by atoms with van der Waals surface area (Å²) in [6, 6.07) is 1.73. The van der Waals surface area contributed by atoms with Crippen LogP contribution in [0.15, 0.2) is 12.1 Å². The van der Waals surface area contributed by atoms with Crippen LogP contribution in [-0.4, -0.2) is 23.6 Å². The molecule has 110 valence electrons. The molecule has 0 saturated heterocycles. The van der Waals surface area contributed by atoms with E-state index in [2.05, 4.69) is 4.84 Å². The third-order valence-electron chi connectivity index (χ3n) is 1.87. The first-order valence-corrected chi connectivity index (χ1v) is 5.49. The van der Waals surface area contributed by atoms with Crippen LogP contribution in [0.5, 0.6) is 0 Å². The zero-order valence-electron chi connectivity index (χ0n) is 9.33. The summed E-state index contributed by atoms with van der Waals surface area (Å²) in [5.74, 6) is -1.13. The molecular weight excluding hydrogens is 328 g/mol. The SMILES string of the molecule is O=C(NOCC(F)(F)F)c1cc(Cl)c(Cl)c([N+](=O)[O-])c1. The van der Waals surface area contributed by atoms with E-state index >= 15 is 0 Å². The molecule has 0 radical (unpaired) electrons. The molecule has 0 aliphatic rings. The maximum absolute atomic E-state index is 11.8. The number of benzene rings is 1. The van der Waals surface area contributed by atoms with E-state index < -0.39 is 29.3 Å². The Balaban J connectivity index is 2.86. The summed E-state index contributed by atoms with van der Waals surface area (Å²) in [6.07, 6.45) is -4.63. The van der Waals surface area contributed by atoms with Gasteiger partial charge in [0, 0.05) is 11.6 Å². The average molecular weight is 333 g/mol. The number of alkyl halides is 3. The molecule has 0 aliphatic heterocycles. The van der Waals surface area contributed by atoms with Gasteiger partial charge in [-0.1, -0.05) is 23.2 Å². The third-order valence-corrected chi connectivity index (χ3v) is 2.66. The summed E-state index contributed by atoms with van der Waals surface area (Å²) in [7, 11) is 0. The van der Waals surface area contributed by atoms with Crippen molar-refractivity contribution in [3.8, 4) is 0 Å². The lowest BCUT2D eigenvalue weighted by atomic mass is 10.2. The maximum Gasteiger partial charge on any atom is 0.414 e. The van der Waals surface area contributed by atoms with E-state index in [1.54, 1.807) is 0 Å². The Kier molecular flexibility index (Phi) is 5.15. The molecule has 0 saturated carbocycles. The van der Waals surface area contributed by atoms with Gasteiger partial charge in [0.1, 0.15) is 5.02 Å². The second-order valence-electron chi connectivity index (χ2n) is 3.38. The normalized spacial score (nSPS) is 11.2. The first kappa shape index (κ1) is 16.5. The molecule has 0 bridgehead atoms. The van der Waals surface area contributed by atoms with Gasteiger partial charge in [-0.15, -0.1) is 0 Å². The van der Waals surface area contributed by atoms with E-state index in [9.17, 15) is 28.1 Å². The van der Waals surface area contributed by atoms with Crippen molar-refractivity contribution in [1.29, 1.82) is 0 Å². The van der Waals surface area contributed by atoms with Crippen molar-refractivity contribution >= 4 is 34.8 Å². The van der Waals surface area contributed by atoms with Crippen molar-refractivity contribution in [2.24, 2.45) is 0 Å². The fraction of sp³-hybridized carbons (Fsp3) is 0.222. The number of carbonyl (C=O) groups excluding carboxylic acids is 1. The van der Waals surface area contributed by atoms with E-state index in [1.807, 2.05) is 0 Å². The topological polar surface area (TPSA) is 81.5 Å². The molecule has 1 rings (SSSR count). The predicted molar refractivity (Wildman–Crippen MR) is 62.6 cm³/mol. The Bertz CT molecular complexity index is 551. The highest BCUT2D eigenvalue weighted by Crippen LogP contribution is 2.33. The van der Waals surface area contributed by atoms with Crippen LogP contribution in [0.3, 0.4) is 0 Å². The van der Waals surface area contributed by atoms with Crippen molar-refractivity contribution in [1.82, 2.24) is 5.48 Å². The second-order valence-corrected chi connectivity index (χ2v) is 4.17. The highest BCUT2D eigenvalue weighted by Gasteiger charge is 2.28. The van der Waals surface area contributed by atoms with Gasteiger partial charge in [0.25, 0.3) is 11.6 Å². The van der Waals surface area contributed by atoms with Crippen LogP contribution in [-0.2, 0) is 4.84 Å². The highest BCUT2D eigenvalue weighted by atomic mass is 35.5. The molecule has 1 aromatic carbocycles. The number of nitrogens with zero attached hydrogens (tertiary/aromatic N) is 1. The second kappa shape index (κ2) is 6.25. The molecule has 0 fully saturated rings. The number of nitrogens with one attached hydrogen (secondary N) is 1. The number of hydrogen-bond donors (Lipinski definition) is 1. The Hall–Kier alpha value is -1.58. The van der Waals surface area contributed by atoms with E-state index in [-0.39, 0.29) is 15.6 Å². The van der Waals surface area contributed by atoms with Gasteiger partial charge in [-0.05, 0) is 6.07 Å². The number of amides is 1. The lowest BCUT2D eigenvalue weighted by Gasteiger charge is -2.08. The molecule has 6 nitrogen and oxygen atoms in total. The minimum Gasteiger partial charge on any atom is -0.267 e. The fourth-order valence-electron chi connectivity index (χ4n) is 1.08. The number of nitro benzene ring substituents is 1. The van der Waals surface area contributed by atoms with Crippen molar-refractivity contribution < 1.29 is 27.7 Å². The molecule has 0 unspecified atom stereocenters. The number of rotatable bonds is 4. The predicted octanol–water partition coefficient (Wildman–Crippen LogP) is 3.13. The molecule has 0 spiro atoms. The van der Waals surface area contributed by atoms with Crippen LogP contribution in [0.2, 0.25) is 10.0 Å². The van der Waals surface area contributed by atoms with E-state index in [0.717, 1.165) is 12.1 Å². The number of hydrogen-bond acceptors (Lipinski definition) is 4. The average Bonchev–Trinajstić information content (AvgIpc) is 2.30. The van der Waals surface area contributed by atoms with E-state index in [1.165, 1.54) is 5.48 Å². The Labute approximate surface area is 119 Å². The van der Waals surface area contributed by atoms with Gasteiger partial charge in [0.15, 0.2) is 6.61 Å². The molecular formula is C9H5Cl2F3N2O4. The molecule has 0 heterocycles. The maximum atomic E-state index is 11.8. The van der Waals surface area contributed by atoms with Crippen molar-refractivity contribution in [2.75, 3.05) is 6.61 Å². The minimum atomic E-state index is -4.63. The fourth-order valence-corrected chi connectivity index (χ4v) is 1.47. The molecule has 1 amide bonds. The smallest absolute Gasteiger partial charge is 0.267 e. The monoisotopic (exact) mass is 332 g/mol. The molecule has 1 aromatic rings. The summed E-state index contributed by atoms with van der Waals surface area (Å²) in [5, 5.41) is 9.97. The molecule has 0 aliphatic carbocycles. The summed E-state index contributed by atoms with van der Waals surface area (Å²) in [5.41, 5.74) is 0.465. The quantitative estimate of drug-likeness (QED) is 0.678. The van der Waals surface area contributed by atoms with Gasteiger partial charge in [-0.25, -0.2) is 5.48 Å². The zero-order chi connectivity index (χ0) is 15.5. The van der Waals surface area contributed by atoms with Crippen LogP contribution in [0, 0.1) is 10.1 Å². The highest BCUT2D eigenvalue weighted by molar-refractivity contribution is 6.43. The Morgan fingerprint density at radius 2 is 2.00 bits per heavy atom. The Morgan fingerprint density at radius 1 is 1.40 bits per heavy atom. The largest absolute Gasteiger partial charge is 0.414 e. The van der Waals surface area contributed by atoms with Gasteiger partial charge in [0.05, 0.1) is 9.95 Å². The van der Waals surface area contributed by atoms with E-state index in [4.69, 9.17) is 23.2 Å². The van der Waals surface area contributed by atoms with Crippen LogP contribution in [0.1, 0.15) is 10.4 Å². The van der Waals surface area contributed by atoms with Gasteiger partial charge in [0.2, 0.25) is 0 Å². The molecule has 1 N–H and O–H groups in total. The number of hydroxylamine groups is 1. The van der Waals surface area contributed by atoms with Crippen LogP contribution >= 0.6 is 23.2 Å². The van der Waals surface area contributed by atoms with E-state index in [0.29, 0.717) is 0 Å². The third kappa shape index (κ3) is 4.51. The molecule has 0 atom stereocenters. The van der Waals surface area contributed by atoms with Gasteiger partial charge >= 0.3 is 6.18 Å². The van der Waals surface area contributed by atoms with Crippen molar-refractivity contribution in [2.45, 2.75) is 6.18 Å². The van der Waals surface area contributed by atoms with Crippen molar-refractivity contribution in [3.63, 3.8) is 0 Å². The summed E-state index contributed by atoms with van der Waals surface area (Å²) < 4.78 is 35.4. The summed E-state index contributed by atoms with van der Waals surface area (Å²) in [6.45, 7) is -1.71. The van der Waals surface area contributed by atoms with Gasteiger partial charge in [-0.3, -0.25) is 19.7 Å². The first-order valence-electron chi connectivity index (χ1n) is 4.74. The van der Waals surface area contributed by atoms with Crippen LogP contribution < -0.4 is 5.48 Å². The van der Waals surface area contributed by atoms with Gasteiger partial charge in [-0.2, -0.15) is 13.2 Å². The minimum absolute atomic E-state index is 0.290. The van der Waals surface area contributed by atoms with Crippen LogP contribution in [0.4, 0.5) is 18.9 Å². The number of nitro groups is 1. The molecule has 0 aromatic heterocycles. The molecule has 11 heteroatoms. The van der Waals surface area contributed by atoms with Crippen LogP contribution in [0.25, 0.3) is 0 Å². The lowest BCUT2D eigenvalue weighted by Crippen LogP contribution is -2.29. The van der Waals surface area contributed by atoms with Gasteiger partial charge < -0.3 is 0 Å². The Morgan fingerprint density at radius 3 is 2.50 bits per heavy atom. The van der Waals surface area contributed by atoms with Crippen molar-refractivity contribution in [3.05, 3.63) is 37.9 Å². The standard InChI is InChI=1S/C9H5Cl2F3N2O4/c10-5-1-4(2-6(7(5)11)16(18)19)8(17)15-20-3-9(12,13)14/h1-2H,3H2,(H,15,17). The number of carbonyl (C=O) groups is 1. The lowest BCUT2D eigenvalue weighted by molar-refractivity contribution is -0.384. The first-order chi connectivity index (χ1) is 9.11. The number of halogens is 5. The molecule has 20 heavy (non-hydrogen) atoms.